The highest BCUT2D eigenvalue weighted by Gasteiger charge is 2.08. The summed E-state index contributed by atoms with van der Waals surface area (Å²) in [4.78, 5) is 26.8. The van der Waals surface area contributed by atoms with Gasteiger partial charge >= 0.3 is 5.69 Å². The smallest absolute Gasteiger partial charge is 0.307 e. The summed E-state index contributed by atoms with van der Waals surface area (Å²) < 4.78 is 14.3. The van der Waals surface area contributed by atoms with Gasteiger partial charge in [-0.1, -0.05) is 30.3 Å². The van der Waals surface area contributed by atoms with Crippen molar-refractivity contribution in [2.75, 3.05) is 0 Å². The zero-order chi connectivity index (χ0) is 14.8. The van der Waals surface area contributed by atoms with E-state index in [1.54, 1.807) is 0 Å². The van der Waals surface area contributed by atoms with Gasteiger partial charge in [-0.15, -0.1) is 0 Å². The third kappa shape index (κ3) is 2.63. The number of aryl methyl sites for hydroxylation is 1. The second-order valence-electron chi connectivity index (χ2n) is 4.81. The largest absolute Gasteiger partial charge is 0.328 e. The number of H-pyrrole nitrogens is 1. The second-order valence-corrected chi connectivity index (χ2v) is 4.81. The van der Waals surface area contributed by atoms with E-state index >= 15 is 0 Å². The van der Waals surface area contributed by atoms with Crippen LogP contribution in [0, 0.1) is 5.82 Å². The van der Waals surface area contributed by atoms with Gasteiger partial charge < -0.3 is 4.98 Å². The van der Waals surface area contributed by atoms with E-state index in [9.17, 15) is 14.0 Å². The summed E-state index contributed by atoms with van der Waals surface area (Å²) in [5, 5.41) is 0.309. The molecule has 0 saturated carbocycles. The van der Waals surface area contributed by atoms with Gasteiger partial charge in [-0.25, -0.2) is 9.18 Å². The third-order valence-corrected chi connectivity index (χ3v) is 3.41. The van der Waals surface area contributed by atoms with E-state index in [-0.39, 0.29) is 12.1 Å². The van der Waals surface area contributed by atoms with Crippen molar-refractivity contribution in [2.45, 2.75) is 13.0 Å². The fourth-order valence-corrected chi connectivity index (χ4v) is 2.32. The normalized spacial score (nSPS) is 10.9. The van der Waals surface area contributed by atoms with Gasteiger partial charge in [0.15, 0.2) is 0 Å². The Balaban J connectivity index is 2.01. The molecule has 4 nitrogen and oxygen atoms in total. The van der Waals surface area contributed by atoms with Crippen LogP contribution in [0.25, 0.3) is 10.9 Å². The van der Waals surface area contributed by atoms with Crippen LogP contribution in [0.4, 0.5) is 4.39 Å². The van der Waals surface area contributed by atoms with Crippen molar-refractivity contribution in [3.63, 3.8) is 0 Å². The quantitative estimate of drug-likeness (QED) is 0.800. The summed E-state index contributed by atoms with van der Waals surface area (Å²) in [6, 6.07) is 13.4. The first kappa shape index (κ1) is 13.3. The first-order chi connectivity index (χ1) is 10.1. The molecule has 3 rings (SSSR count). The summed E-state index contributed by atoms with van der Waals surface area (Å²) >= 11 is 0. The van der Waals surface area contributed by atoms with Gasteiger partial charge in [-0.05, 0) is 30.2 Å². The standard InChI is InChI=1S/C16H13FN2O2/c17-12-6-7-13-14(10-12)18-16(21)19(15(13)20)9-8-11-4-2-1-3-5-11/h1-7,10H,8-9H2,(H,18,21). The van der Waals surface area contributed by atoms with Gasteiger partial charge in [0.1, 0.15) is 5.82 Å². The zero-order valence-corrected chi connectivity index (χ0v) is 11.2. The van der Waals surface area contributed by atoms with E-state index < -0.39 is 17.1 Å². The fourth-order valence-electron chi connectivity index (χ4n) is 2.32. The van der Waals surface area contributed by atoms with Gasteiger partial charge in [0.2, 0.25) is 0 Å². The Morgan fingerprint density at radius 1 is 1.05 bits per heavy atom. The summed E-state index contributed by atoms with van der Waals surface area (Å²) in [6.45, 7) is 0.283. The van der Waals surface area contributed by atoms with Crippen LogP contribution < -0.4 is 11.2 Å². The molecule has 3 aromatic rings. The maximum absolute atomic E-state index is 13.1. The Kier molecular flexibility index (Phi) is 3.39. The molecular formula is C16H13FN2O2. The molecule has 5 heteroatoms. The minimum absolute atomic E-state index is 0.223. The highest BCUT2D eigenvalue weighted by Crippen LogP contribution is 2.07. The summed E-state index contributed by atoms with van der Waals surface area (Å²) in [6.07, 6.45) is 0.580. The number of rotatable bonds is 3. The highest BCUT2D eigenvalue weighted by molar-refractivity contribution is 5.77. The minimum atomic E-state index is -0.519. The monoisotopic (exact) mass is 284 g/mol. The highest BCUT2D eigenvalue weighted by atomic mass is 19.1. The molecule has 0 spiro atoms. The molecule has 1 heterocycles. The molecule has 0 aliphatic carbocycles. The van der Waals surface area contributed by atoms with Crippen molar-refractivity contribution < 1.29 is 4.39 Å². The van der Waals surface area contributed by atoms with Gasteiger partial charge in [0.25, 0.3) is 5.56 Å². The first-order valence-electron chi connectivity index (χ1n) is 6.61. The molecule has 0 aliphatic heterocycles. The Morgan fingerprint density at radius 3 is 2.57 bits per heavy atom. The summed E-state index contributed by atoms with van der Waals surface area (Å²) in [5.74, 6) is -0.486. The molecule has 0 aliphatic rings. The molecule has 2 aromatic carbocycles. The molecule has 1 aromatic heterocycles. The van der Waals surface area contributed by atoms with Gasteiger partial charge in [-0.2, -0.15) is 0 Å². The van der Waals surface area contributed by atoms with Crippen LogP contribution in [0.5, 0.6) is 0 Å². The van der Waals surface area contributed by atoms with Crippen LogP contribution in [-0.2, 0) is 13.0 Å². The number of nitrogens with one attached hydrogen (secondary N) is 1. The zero-order valence-electron chi connectivity index (χ0n) is 11.2. The third-order valence-electron chi connectivity index (χ3n) is 3.41. The predicted octanol–water partition coefficient (Wildman–Crippen LogP) is 2.07. The molecule has 0 fully saturated rings. The number of halogens is 1. The van der Waals surface area contributed by atoms with E-state index in [1.807, 2.05) is 30.3 Å². The first-order valence-corrected chi connectivity index (χ1v) is 6.61. The molecule has 0 atom stereocenters. The lowest BCUT2D eigenvalue weighted by Crippen LogP contribution is -2.35. The van der Waals surface area contributed by atoms with Crippen LogP contribution in [0.15, 0.2) is 58.1 Å². The molecule has 1 N–H and O–H groups in total. The minimum Gasteiger partial charge on any atom is -0.307 e. The van der Waals surface area contributed by atoms with Crippen molar-refractivity contribution in [3.05, 3.63) is 80.7 Å². The fraction of sp³-hybridized carbons (Fsp3) is 0.125. The Morgan fingerprint density at radius 2 is 1.81 bits per heavy atom. The topological polar surface area (TPSA) is 54.9 Å². The molecule has 21 heavy (non-hydrogen) atoms. The molecule has 0 unspecified atom stereocenters. The number of aromatic amines is 1. The van der Waals surface area contributed by atoms with Crippen LogP contribution in [0.1, 0.15) is 5.56 Å². The van der Waals surface area contributed by atoms with E-state index in [2.05, 4.69) is 4.98 Å². The molecule has 0 radical (unpaired) electrons. The van der Waals surface area contributed by atoms with E-state index in [0.29, 0.717) is 11.8 Å². The number of fused-ring (bicyclic) bond motifs is 1. The average Bonchev–Trinajstić information content (AvgIpc) is 2.47. The lowest BCUT2D eigenvalue weighted by molar-refractivity contribution is 0.624. The van der Waals surface area contributed by atoms with Crippen molar-refractivity contribution in [1.82, 2.24) is 9.55 Å². The molecule has 106 valence electrons. The Bertz CT molecular complexity index is 898. The number of benzene rings is 2. The number of nitrogens with zero attached hydrogens (tertiary/aromatic N) is 1. The molecule has 0 amide bonds. The summed E-state index contributed by atoms with van der Waals surface area (Å²) in [7, 11) is 0. The maximum atomic E-state index is 13.1. The SMILES string of the molecule is O=c1[nH]c2cc(F)ccc2c(=O)n1CCc1ccccc1. The maximum Gasteiger partial charge on any atom is 0.328 e. The lowest BCUT2D eigenvalue weighted by Gasteiger charge is -2.06. The van der Waals surface area contributed by atoms with Crippen LogP contribution in [0.3, 0.4) is 0 Å². The van der Waals surface area contributed by atoms with Crippen LogP contribution >= 0.6 is 0 Å². The van der Waals surface area contributed by atoms with Crippen molar-refractivity contribution in [1.29, 1.82) is 0 Å². The van der Waals surface area contributed by atoms with Crippen molar-refractivity contribution in [2.24, 2.45) is 0 Å². The number of hydrogen-bond donors (Lipinski definition) is 1. The van der Waals surface area contributed by atoms with Crippen LogP contribution in [0.2, 0.25) is 0 Å². The molecular weight excluding hydrogens is 271 g/mol. The van der Waals surface area contributed by atoms with Gasteiger partial charge in [0.05, 0.1) is 10.9 Å². The van der Waals surface area contributed by atoms with Crippen molar-refractivity contribution >= 4 is 10.9 Å². The summed E-state index contributed by atoms with van der Waals surface area (Å²) in [5.41, 5.74) is 0.350. The van der Waals surface area contributed by atoms with E-state index in [4.69, 9.17) is 0 Å². The second kappa shape index (κ2) is 5.36. The Labute approximate surface area is 119 Å². The Hall–Kier alpha value is -2.69. The van der Waals surface area contributed by atoms with Crippen molar-refractivity contribution in [3.8, 4) is 0 Å². The number of hydrogen-bond acceptors (Lipinski definition) is 2. The van der Waals surface area contributed by atoms with Crippen LogP contribution in [-0.4, -0.2) is 9.55 Å². The lowest BCUT2D eigenvalue weighted by atomic mass is 10.1. The van der Waals surface area contributed by atoms with E-state index in [0.717, 1.165) is 16.2 Å². The van der Waals surface area contributed by atoms with Gasteiger partial charge in [0, 0.05) is 6.54 Å². The van der Waals surface area contributed by atoms with E-state index in [1.165, 1.54) is 12.1 Å². The molecule has 0 saturated heterocycles. The number of aromatic nitrogens is 2. The molecule has 0 bridgehead atoms. The van der Waals surface area contributed by atoms with Gasteiger partial charge in [-0.3, -0.25) is 9.36 Å². The average molecular weight is 284 g/mol. The predicted molar refractivity (Wildman–Crippen MR) is 78.9 cm³/mol.